The highest BCUT2D eigenvalue weighted by Crippen LogP contribution is 2.33. The molecule has 0 radical (unpaired) electrons. The number of halogens is 1. The first-order valence-electron chi connectivity index (χ1n) is 8.67. The van der Waals surface area contributed by atoms with Gasteiger partial charge in [0.25, 0.3) is 0 Å². The zero-order valence-corrected chi connectivity index (χ0v) is 17.4. The zero-order valence-electron chi connectivity index (χ0n) is 16.6. The fourth-order valence-corrected chi connectivity index (χ4v) is 3.68. The Morgan fingerprint density at radius 2 is 2.07 bits per heavy atom. The van der Waals surface area contributed by atoms with Gasteiger partial charge in [-0.3, -0.25) is 4.79 Å². The predicted molar refractivity (Wildman–Crippen MR) is 115 cm³/mol. The largest absolute Gasteiger partial charge is 0.494 e. The average Bonchev–Trinajstić information content (AvgIpc) is 3.04. The number of pyridine rings is 1. The van der Waals surface area contributed by atoms with Gasteiger partial charge in [-0.05, 0) is 43.8 Å². The molecule has 28 heavy (non-hydrogen) atoms. The Morgan fingerprint density at radius 3 is 2.64 bits per heavy atom. The van der Waals surface area contributed by atoms with Crippen molar-refractivity contribution in [3.63, 3.8) is 0 Å². The van der Waals surface area contributed by atoms with E-state index in [2.05, 4.69) is 10.3 Å². The number of nitrogens with one attached hydrogen (secondary N) is 1. The third-order valence-electron chi connectivity index (χ3n) is 4.16. The number of ether oxygens (including phenoxy) is 1. The number of aldehydes is 1. The summed E-state index contributed by atoms with van der Waals surface area (Å²) in [4.78, 5) is 18.5. The summed E-state index contributed by atoms with van der Waals surface area (Å²) in [6.45, 7) is 3.86. The van der Waals surface area contributed by atoms with Crippen molar-refractivity contribution in [2.75, 3.05) is 31.4 Å². The number of aryl methyl sites for hydroxylation is 1. The first kappa shape index (κ1) is 21.4. The van der Waals surface area contributed by atoms with Crippen LogP contribution in [0.5, 0.6) is 5.75 Å². The standard InChI is InChI=1S/C11H14FNO.C10H10N2OS/c1-4-7-13(2)9-5-6-11(14-3)10(12)8-9;1-6-8(5-13)14-10-9(6)7(11-2)3-4-12-10/h4-8H,1-3H3;3-5H,1-2H3,(H,11,12)/b7-4-;. The van der Waals surface area contributed by atoms with E-state index >= 15 is 0 Å². The Balaban J connectivity index is 0.000000200. The van der Waals surface area contributed by atoms with Gasteiger partial charge in [-0.1, -0.05) is 6.08 Å². The molecule has 7 heteroatoms. The van der Waals surface area contributed by atoms with Crippen molar-refractivity contribution < 1.29 is 13.9 Å². The van der Waals surface area contributed by atoms with Gasteiger partial charge in [-0.15, -0.1) is 11.3 Å². The van der Waals surface area contributed by atoms with Crippen LogP contribution in [0.25, 0.3) is 10.2 Å². The fourth-order valence-electron chi connectivity index (χ4n) is 2.69. The molecule has 0 saturated heterocycles. The summed E-state index contributed by atoms with van der Waals surface area (Å²) in [7, 11) is 5.18. The number of thiophene rings is 1. The van der Waals surface area contributed by atoms with E-state index in [4.69, 9.17) is 4.74 Å². The number of rotatable bonds is 5. The Morgan fingerprint density at radius 1 is 1.32 bits per heavy atom. The summed E-state index contributed by atoms with van der Waals surface area (Å²) >= 11 is 1.43. The Kier molecular flexibility index (Phi) is 7.52. The molecule has 0 unspecified atom stereocenters. The van der Waals surface area contributed by atoms with Crippen LogP contribution in [0.2, 0.25) is 0 Å². The van der Waals surface area contributed by atoms with E-state index in [9.17, 15) is 9.18 Å². The summed E-state index contributed by atoms with van der Waals surface area (Å²) in [5.74, 6) is -0.0796. The molecule has 0 bridgehead atoms. The normalized spacial score (nSPS) is 10.5. The number of fused-ring (bicyclic) bond motifs is 1. The molecule has 0 aliphatic carbocycles. The Bertz CT molecular complexity index is 985. The van der Waals surface area contributed by atoms with Gasteiger partial charge in [0.15, 0.2) is 17.9 Å². The molecule has 148 valence electrons. The molecule has 1 aromatic carbocycles. The highest BCUT2D eigenvalue weighted by molar-refractivity contribution is 7.20. The van der Waals surface area contributed by atoms with Crippen LogP contribution in [0, 0.1) is 12.7 Å². The van der Waals surface area contributed by atoms with Crippen molar-refractivity contribution in [3.8, 4) is 5.75 Å². The minimum absolute atomic E-state index is 0.266. The van der Waals surface area contributed by atoms with Gasteiger partial charge in [-0.25, -0.2) is 9.37 Å². The second-order valence-electron chi connectivity index (χ2n) is 5.91. The van der Waals surface area contributed by atoms with Crippen molar-refractivity contribution in [1.82, 2.24) is 4.98 Å². The molecule has 3 aromatic rings. The molecular formula is C21H24FN3O2S. The summed E-state index contributed by atoms with van der Waals surface area (Å²) in [6.07, 6.45) is 6.39. The molecule has 3 rings (SSSR count). The molecule has 0 atom stereocenters. The zero-order chi connectivity index (χ0) is 20.7. The van der Waals surface area contributed by atoms with Crippen molar-refractivity contribution >= 4 is 39.2 Å². The number of hydrogen-bond acceptors (Lipinski definition) is 6. The maximum Gasteiger partial charge on any atom is 0.167 e. The van der Waals surface area contributed by atoms with Crippen LogP contribution in [0.1, 0.15) is 22.2 Å². The van der Waals surface area contributed by atoms with E-state index in [0.29, 0.717) is 0 Å². The summed E-state index contributed by atoms with van der Waals surface area (Å²) in [5, 5.41) is 4.16. The molecule has 1 N–H and O–H groups in total. The smallest absolute Gasteiger partial charge is 0.167 e. The lowest BCUT2D eigenvalue weighted by Crippen LogP contribution is -2.07. The topological polar surface area (TPSA) is 54.5 Å². The summed E-state index contributed by atoms with van der Waals surface area (Å²) in [6, 6.07) is 6.78. The Hall–Kier alpha value is -2.93. The molecule has 0 amide bonds. The number of nitrogens with zero attached hydrogens (tertiary/aromatic N) is 2. The van der Waals surface area contributed by atoms with Crippen LogP contribution < -0.4 is 15.0 Å². The summed E-state index contributed by atoms with van der Waals surface area (Å²) < 4.78 is 18.1. The lowest BCUT2D eigenvalue weighted by molar-refractivity contribution is 0.112. The van der Waals surface area contributed by atoms with Crippen LogP contribution in [0.3, 0.4) is 0 Å². The molecule has 0 spiro atoms. The third kappa shape index (κ3) is 4.67. The fraction of sp³-hybridized carbons (Fsp3) is 0.238. The van der Waals surface area contributed by atoms with Crippen molar-refractivity contribution in [3.05, 3.63) is 59.0 Å². The van der Waals surface area contributed by atoms with Gasteiger partial charge in [-0.2, -0.15) is 0 Å². The number of hydrogen-bond donors (Lipinski definition) is 1. The maximum atomic E-state index is 13.3. The van der Waals surface area contributed by atoms with E-state index < -0.39 is 0 Å². The minimum Gasteiger partial charge on any atom is -0.494 e. The monoisotopic (exact) mass is 401 g/mol. The van der Waals surface area contributed by atoms with Gasteiger partial charge in [0.05, 0.1) is 12.0 Å². The molecule has 0 aliphatic rings. The SMILES string of the molecule is C/C=C\N(C)c1ccc(OC)c(F)c1.CNc1ccnc2sc(C=O)c(C)c12. The molecule has 0 fully saturated rings. The molecular weight excluding hydrogens is 377 g/mol. The maximum absolute atomic E-state index is 13.3. The van der Waals surface area contributed by atoms with Crippen LogP contribution in [0.4, 0.5) is 15.8 Å². The van der Waals surface area contributed by atoms with Crippen molar-refractivity contribution in [2.45, 2.75) is 13.8 Å². The molecule has 2 aromatic heterocycles. The quantitative estimate of drug-likeness (QED) is 0.591. The van der Waals surface area contributed by atoms with Gasteiger partial charge in [0.1, 0.15) is 4.83 Å². The van der Waals surface area contributed by atoms with Gasteiger partial charge < -0.3 is 15.0 Å². The number of anilines is 2. The molecule has 5 nitrogen and oxygen atoms in total. The molecule has 2 heterocycles. The summed E-state index contributed by atoms with van der Waals surface area (Å²) in [5.41, 5.74) is 2.83. The highest BCUT2D eigenvalue weighted by Gasteiger charge is 2.11. The predicted octanol–water partition coefficient (Wildman–Crippen LogP) is 5.26. The minimum atomic E-state index is -0.346. The van der Waals surface area contributed by atoms with Crippen LogP contribution in [-0.4, -0.2) is 32.5 Å². The number of methoxy groups -OCH3 is 1. The van der Waals surface area contributed by atoms with Gasteiger partial charge in [0.2, 0.25) is 0 Å². The average molecular weight is 402 g/mol. The Labute approximate surface area is 168 Å². The third-order valence-corrected chi connectivity index (χ3v) is 5.28. The first-order valence-corrected chi connectivity index (χ1v) is 9.48. The van der Waals surface area contributed by atoms with Crippen molar-refractivity contribution in [1.29, 1.82) is 0 Å². The number of aromatic nitrogens is 1. The van der Waals surface area contributed by atoms with E-state index in [0.717, 1.165) is 38.3 Å². The van der Waals surface area contributed by atoms with E-state index in [-0.39, 0.29) is 11.6 Å². The van der Waals surface area contributed by atoms with Gasteiger partial charge in [0, 0.05) is 43.1 Å². The lowest BCUT2D eigenvalue weighted by Gasteiger charge is -2.14. The molecule has 0 saturated carbocycles. The number of carbonyl (C=O) groups excluding carboxylic acids is 1. The van der Waals surface area contributed by atoms with Crippen LogP contribution >= 0.6 is 11.3 Å². The highest BCUT2D eigenvalue weighted by atomic mass is 32.1. The molecule has 0 aliphatic heterocycles. The van der Waals surface area contributed by atoms with Crippen LogP contribution in [0.15, 0.2) is 42.7 Å². The second kappa shape index (κ2) is 9.85. The van der Waals surface area contributed by atoms with Gasteiger partial charge >= 0.3 is 0 Å². The number of carbonyl (C=O) groups is 1. The van der Waals surface area contributed by atoms with Crippen LogP contribution in [-0.2, 0) is 0 Å². The second-order valence-corrected chi connectivity index (χ2v) is 6.94. The van der Waals surface area contributed by atoms with E-state index in [1.165, 1.54) is 24.5 Å². The number of allylic oxidation sites excluding steroid dienone is 1. The first-order chi connectivity index (χ1) is 13.5. The lowest BCUT2D eigenvalue weighted by atomic mass is 10.2. The van der Waals surface area contributed by atoms with Crippen molar-refractivity contribution in [2.24, 2.45) is 0 Å². The van der Waals surface area contributed by atoms with E-state index in [1.807, 2.05) is 57.3 Å². The van der Waals surface area contributed by atoms with E-state index in [1.54, 1.807) is 12.3 Å². The number of benzene rings is 1.